The molecule has 0 radical (unpaired) electrons. The number of carbonyl (C=O) groups excluding carboxylic acids is 2. The lowest BCUT2D eigenvalue weighted by molar-refractivity contribution is -0.129. The Bertz CT molecular complexity index is 497. The van der Waals surface area contributed by atoms with Crippen molar-refractivity contribution < 1.29 is 19.5 Å². The second-order valence-electron chi connectivity index (χ2n) is 4.80. The number of aldehydes is 1. The van der Waals surface area contributed by atoms with Crippen LogP contribution in [0.1, 0.15) is 12.8 Å². The highest BCUT2D eigenvalue weighted by Gasteiger charge is 2.34. The highest BCUT2D eigenvalue weighted by molar-refractivity contribution is 7.56. The van der Waals surface area contributed by atoms with Gasteiger partial charge in [-0.2, -0.15) is 0 Å². The number of nitrogens with two attached hydrogens (primary N) is 1. The lowest BCUT2D eigenvalue weighted by atomic mass is 9.97. The largest absolute Gasteiger partial charge is 0.477 e. The summed E-state index contributed by atoms with van der Waals surface area (Å²) in [5, 5.41) is 10.8. The maximum absolute atomic E-state index is 11.9. The Morgan fingerprint density at radius 3 is 2.71 bits per heavy atom. The Balaban J connectivity index is 2.86. The summed E-state index contributed by atoms with van der Waals surface area (Å²) < 4.78 is 0. The number of carboxylic acid groups (broad SMARTS) is 1. The summed E-state index contributed by atoms with van der Waals surface area (Å²) in [6, 6.07) is -1.57. The second-order valence-corrected chi connectivity index (χ2v) is 7.40. The summed E-state index contributed by atoms with van der Waals surface area (Å²) >= 11 is 5.88. The molecule has 0 aromatic carbocycles. The van der Waals surface area contributed by atoms with Crippen molar-refractivity contribution in [1.29, 1.82) is 0 Å². The smallest absolute Gasteiger partial charge is 0.351 e. The van der Waals surface area contributed by atoms with E-state index in [-0.39, 0.29) is 5.71 Å². The van der Waals surface area contributed by atoms with Crippen LogP contribution >= 0.6 is 19.1 Å². The fourth-order valence-corrected chi connectivity index (χ4v) is 2.65. The first-order valence-electron chi connectivity index (χ1n) is 6.27. The summed E-state index contributed by atoms with van der Waals surface area (Å²) in [6.45, 7) is 1.74. The van der Waals surface area contributed by atoms with Crippen molar-refractivity contribution in [2.45, 2.75) is 36.1 Å². The first kappa shape index (κ1) is 17.8. The average molecular weight is 335 g/mol. The molecule has 1 aliphatic rings. The minimum Gasteiger partial charge on any atom is -0.477 e. The molecule has 0 aromatic rings. The molecule has 0 aliphatic carbocycles. The Hall–Kier alpha value is -1.30. The highest BCUT2D eigenvalue weighted by Crippen LogP contribution is 2.22. The van der Waals surface area contributed by atoms with E-state index >= 15 is 0 Å². The van der Waals surface area contributed by atoms with Crippen molar-refractivity contribution >= 4 is 49.3 Å². The molecule has 9 heteroatoms. The SMILES string of the molecule is C=[P+](C)C(N)C(=O)NC(C=O)C1CCC(Cl)C(C(=O)O)=N1. The molecule has 0 spiro atoms. The number of carboxylic acids is 1. The van der Waals surface area contributed by atoms with E-state index in [4.69, 9.17) is 22.4 Å². The summed E-state index contributed by atoms with van der Waals surface area (Å²) in [7, 11) is -0.932. The predicted molar refractivity (Wildman–Crippen MR) is 83.7 cm³/mol. The molecule has 1 amide bonds. The lowest BCUT2D eigenvalue weighted by Crippen LogP contribution is -2.50. The molecule has 0 saturated heterocycles. The van der Waals surface area contributed by atoms with Crippen LogP contribution in [0.3, 0.4) is 0 Å². The molecular weight excluding hydrogens is 317 g/mol. The van der Waals surface area contributed by atoms with Crippen LogP contribution < -0.4 is 11.1 Å². The van der Waals surface area contributed by atoms with Gasteiger partial charge in [-0.15, -0.1) is 11.6 Å². The van der Waals surface area contributed by atoms with E-state index in [0.717, 1.165) is 0 Å². The van der Waals surface area contributed by atoms with Gasteiger partial charge in [-0.05, 0) is 12.8 Å². The van der Waals surface area contributed by atoms with Crippen LogP contribution in [0.25, 0.3) is 0 Å². The molecule has 5 unspecified atom stereocenters. The van der Waals surface area contributed by atoms with Crippen LogP contribution in [-0.4, -0.2) is 65.2 Å². The normalized spacial score (nSPS) is 25.3. The summed E-state index contributed by atoms with van der Waals surface area (Å²) in [4.78, 5) is 38.0. The number of carbonyl (C=O) groups is 3. The number of aliphatic imine (C=N–C) groups is 1. The van der Waals surface area contributed by atoms with E-state index in [2.05, 4.69) is 16.6 Å². The van der Waals surface area contributed by atoms with E-state index in [9.17, 15) is 14.4 Å². The Morgan fingerprint density at radius 1 is 1.62 bits per heavy atom. The molecule has 7 nitrogen and oxygen atoms in total. The van der Waals surface area contributed by atoms with Gasteiger partial charge in [-0.1, -0.05) is 0 Å². The maximum atomic E-state index is 11.9. The zero-order chi connectivity index (χ0) is 16.2. The van der Waals surface area contributed by atoms with Gasteiger partial charge in [0.25, 0.3) is 5.91 Å². The van der Waals surface area contributed by atoms with Gasteiger partial charge in [-0.3, -0.25) is 15.5 Å². The van der Waals surface area contributed by atoms with Crippen molar-refractivity contribution in [2.24, 2.45) is 10.7 Å². The molecule has 0 saturated carbocycles. The first-order valence-corrected chi connectivity index (χ1v) is 8.75. The molecule has 116 valence electrons. The van der Waals surface area contributed by atoms with Gasteiger partial charge >= 0.3 is 5.97 Å². The zero-order valence-electron chi connectivity index (χ0n) is 11.5. The Labute approximate surface area is 128 Å². The number of nitrogens with one attached hydrogen (secondary N) is 1. The van der Waals surface area contributed by atoms with Crippen molar-refractivity contribution in [3.8, 4) is 0 Å². The number of nitrogens with zero attached hydrogens (tertiary/aromatic N) is 1. The van der Waals surface area contributed by atoms with E-state index in [1.165, 1.54) is 0 Å². The van der Waals surface area contributed by atoms with Gasteiger partial charge < -0.3 is 15.2 Å². The molecule has 0 aromatic heterocycles. The molecule has 0 bridgehead atoms. The molecule has 0 fully saturated rings. The third-order valence-corrected chi connectivity index (χ3v) is 4.76. The van der Waals surface area contributed by atoms with Crippen molar-refractivity contribution in [3.63, 3.8) is 0 Å². The fraction of sp³-hybridized carbons (Fsp3) is 0.583. The van der Waals surface area contributed by atoms with Gasteiger partial charge in [0.15, 0.2) is 0 Å². The fourth-order valence-electron chi connectivity index (χ4n) is 1.90. The quantitative estimate of drug-likeness (QED) is 0.352. The summed E-state index contributed by atoms with van der Waals surface area (Å²) in [5.41, 5.74) is 5.49. The van der Waals surface area contributed by atoms with Crippen LogP contribution in [0.4, 0.5) is 0 Å². The number of amides is 1. The number of hydrogen-bond donors (Lipinski definition) is 3. The van der Waals surface area contributed by atoms with E-state index < -0.39 is 42.7 Å². The third-order valence-electron chi connectivity index (χ3n) is 3.15. The van der Waals surface area contributed by atoms with Gasteiger partial charge in [-0.25, -0.2) is 4.79 Å². The van der Waals surface area contributed by atoms with Crippen molar-refractivity contribution in [3.05, 3.63) is 0 Å². The molecule has 1 rings (SSSR count). The Morgan fingerprint density at radius 2 is 2.24 bits per heavy atom. The van der Waals surface area contributed by atoms with Gasteiger partial charge in [0.2, 0.25) is 5.78 Å². The van der Waals surface area contributed by atoms with E-state index in [1.54, 1.807) is 6.66 Å². The standard InChI is InChI=1S/C12H17ClN3O4P/c1-21(2)10(14)11(18)16-8(5-17)7-4-3-6(13)9(15-7)12(19)20/h5-8,10H,1,3-4,14H2,2H3,(H-,16,18,19,20)/p+1. The first-order chi connectivity index (χ1) is 9.77. The van der Waals surface area contributed by atoms with Crippen LogP contribution in [0.15, 0.2) is 4.99 Å². The van der Waals surface area contributed by atoms with Gasteiger partial charge in [0, 0.05) is 0 Å². The lowest BCUT2D eigenvalue weighted by Gasteiger charge is -2.26. The average Bonchev–Trinajstić information content (AvgIpc) is 2.43. The minimum atomic E-state index is -1.22. The molecule has 4 N–H and O–H groups in total. The number of rotatable bonds is 6. The molecular formula is C12H18ClN3O4P+. The number of halogens is 1. The number of alkyl halides is 1. The van der Waals surface area contributed by atoms with Crippen LogP contribution in [0.5, 0.6) is 0 Å². The van der Waals surface area contributed by atoms with E-state index in [0.29, 0.717) is 19.1 Å². The highest BCUT2D eigenvalue weighted by atomic mass is 35.5. The molecule has 1 aliphatic heterocycles. The maximum Gasteiger partial charge on any atom is 0.351 e. The van der Waals surface area contributed by atoms with Crippen molar-refractivity contribution in [1.82, 2.24) is 5.32 Å². The number of hydrogen-bond acceptors (Lipinski definition) is 5. The second kappa shape index (κ2) is 7.64. The van der Waals surface area contributed by atoms with Crippen LogP contribution in [0.2, 0.25) is 0 Å². The zero-order valence-corrected chi connectivity index (χ0v) is 13.2. The third kappa shape index (κ3) is 4.59. The van der Waals surface area contributed by atoms with Crippen molar-refractivity contribution in [2.75, 3.05) is 6.66 Å². The molecule has 5 atom stereocenters. The summed E-state index contributed by atoms with van der Waals surface area (Å²) in [5.74, 6) is -2.49. The number of aliphatic carboxylic acids is 1. The van der Waals surface area contributed by atoms with Gasteiger partial charge in [0.1, 0.15) is 25.6 Å². The monoisotopic (exact) mass is 334 g/mol. The molecule has 1 heterocycles. The topological polar surface area (TPSA) is 122 Å². The van der Waals surface area contributed by atoms with E-state index in [1.807, 2.05) is 0 Å². The molecule has 21 heavy (non-hydrogen) atoms. The predicted octanol–water partition coefficient (Wildman–Crippen LogP) is -0.206. The minimum absolute atomic E-state index is 0.187. The van der Waals surface area contributed by atoms with Crippen LogP contribution in [-0.2, 0) is 14.4 Å². The van der Waals surface area contributed by atoms with Gasteiger partial charge in [0.05, 0.1) is 24.4 Å². The summed E-state index contributed by atoms with van der Waals surface area (Å²) in [6.07, 6.45) is 5.04. The Kier molecular flexibility index (Phi) is 6.45. The van der Waals surface area contributed by atoms with Crippen LogP contribution in [0, 0.1) is 0 Å².